The van der Waals surface area contributed by atoms with Crippen LogP contribution >= 0.6 is 11.8 Å². The van der Waals surface area contributed by atoms with Crippen LogP contribution < -0.4 is 10.1 Å². The van der Waals surface area contributed by atoms with Crippen LogP contribution in [0.5, 0.6) is 5.75 Å². The van der Waals surface area contributed by atoms with E-state index in [-0.39, 0.29) is 23.5 Å². The first kappa shape index (κ1) is 19.7. The standard InChI is InChI=1S/C19H24FN3O3S/c1-12-5-3-4-6-16(12)21-17(24)11-27-19-23-22-18(26-19)13(2)25-15-9-7-14(20)8-10-15/h7-10,12-13,16H,3-6,11H2,1-2H3,(H,21,24)/t12-,13+,16+/m0/s1. The number of carbonyl (C=O) groups excluding carboxylic acids is 1. The average Bonchev–Trinajstić information content (AvgIpc) is 3.13. The zero-order chi connectivity index (χ0) is 19.2. The Morgan fingerprint density at radius 1 is 1.33 bits per heavy atom. The number of benzene rings is 1. The molecule has 0 aliphatic heterocycles. The molecular formula is C19H24FN3O3S. The first-order valence-electron chi connectivity index (χ1n) is 9.19. The molecule has 1 aliphatic carbocycles. The van der Waals surface area contributed by atoms with Gasteiger partial charge in [-0.05, 0) is 49.9 Å². The highest BCUT2D eigenvalue weighted by Crippen LogP contribution is 2.25. The van der Waals surface area contributed by atoms with Crippen molar-refractivity contribution in [3.8, 4) is 5.75 Å². The molecule has 1 saturated carbocycles. The lowest BCUT2D eigenvalue weighted by Crippen LogP contribution is -2.41. The van der Waals surface area contributed by atoms with E-state index in [1.807, 2.05) is 0 Å². The molecule has 3 atom stereocenters. The first-order chi connectivity index (χ1) is 13.0. The Bertz CT molecular complexity index is 753. The van der Waals surface area contributed by atoms with E-state index in [4.69, 9.17) is 9.15 Å². The summed E-state index contributed by atoms with van der Waals surface area (Å²) in [4.78, 5) is 12.2. The van der Waals surface area contributed by atoms with Gasteiger partial charge in [0.05, 0.1) is 5.75 Å². The highest BCUT2D eigenvalue weighted by molar-refractivity contribution is 7.99. The summed E-state index contributed by atoms with van der Waals surface area (Å²) in [5, 5.41) is 11.3. The fourth-order valence-corrected chi connectivity index (χ4v) is 3.70. The molecule has 0 saturated heterocycles. The lowest BCUT2D eigenvalue weighted by molar-refractivity contribution is -0.119. The third-order valence-corrected chi connectivity index (χ3v) is 5.50. The molecule has 3 rings (SSSR count). The molecule has 1 fully saturated rings. The number of aromatic nitrogens is 2. The smallest absolute Gasteiger partial charge is 0.277 e. The fraction of sp³-hybridized carbons (Fsp3) is 0.526. The number of thioether (sulfide) groups is 1. The second kappa shape index (κ2) is 9.21. The van der Waals surface area contributed by atoms with Crippen molar-refractivity contribution in [1.29, 1.82) is 0 Å². The van der Waals surface area contributed by atoms with E-state index in [0.29, 0.717) is 22.8 Å². The average molecular weight is 393 g/mol. The van der Waals surface area contributed by atoms with Crippen molar-refractivity contribution in [3.63, 3.8) is 0 Å². The van der Waals surface area contributed by atoms with Crippen molar-refractivity contribution in [2.45, 2.75) is 56.9 Å². The largest absolute Gasteiger partial charge is 0.481 e. The Morgan fingerprint density at radius 3 is 2.81 bits per heavy atom. The monoisotopic (exact) mass is 393 g/mol. The molecule has 2 aromatic rings. The minimum atomic E-state index is -0.478. The zero-order valence-electron chi connectivity index (χ0n) is 15.5. The van der Waals surface area contributed by atoms with Crippen LogP contribution in [-0.4, -0.2) is 27.9 Å². The topological polar surface area (TPSA) is 77.2 Å². The van der Waals surface area contributed by atoms with Gasteiger partial charge in [-0.25, -0.2) is 4.39 Å². The molecule has 1 heterocycles. The molecule has 1 aliphatic rings. The predicted octanol–water partition coefficient (Wildman–Crippen LogP) is 4.14. The van der Waals surface area contributed by atoms with Crippen LogP contribution in [-0.2, 0) is 4.79 Å². The molecule has 1 aromatic carbocycles. The van der Waals surface area contributed by atoms with Crippen LogP contribution in [0, 0.1) is 11.7 Å². The van der Waals surface area contributed by atoms with Gasteiger partial charge >= 0.3 is 0 Å². The second-order valence-electron chi connectivity index (χ2n) is 6.84. The number of hydrogen-bond donors (Lipinski definition) is 1. The van der Waals surface area contributed by atoms with Gasteiger partial charge in [-0.15, -0.1) is 10.2 Å². The molecule has 1 amide bonds. The summed E-state index contributed by atoms with van der Waals surface area (Å²) in [6.07, 6.45) is 4.14. The van der Waals surface area contributed by atoms with Gasteiger partial charge in [0.15, 0.2) is 6.10 Å². The van der Waals surface area contributed by atoms with Gasteiger partial charge in [0.25, 0.3) is 11.1 Å². The minimum Gasteiger partial charge on any atom is -0.481 e. The maximum atomic E-state index is 12.9. The van der Waals surface area contributed by atoms with Gasteiger partial charge in [-0.2, -0.15) is 0 Å². The molecule has 8 heteroatoms. The summed E-state index contributed by atoms with van der Waals surface area (Å²) >= 11 is 1.21. The van der Waals surface area contributed by atoms with Gasteiger partial charge < -0.3 is 14.5 Å². The third-order valence-electron chi connectivity index (χ3n) is 4.68. The lowest BCUT2D eigenvalue weighted by Gasteiger charge is -2.29. The van der Waals surface area contributed by atoms with Crippen molar-refractivity contribution < 1.29 is 18.3 Å². The van der Waals surface area contributed by atoms with Gasteiger partial charge in [0.1, 0.15) is 11.6 Å². The Hall–Kier alpha value is -2.09. The van der Waals surface area contributed by atoms with Crippen LogP contribution in [0.1, 0.15) is 51.5 Å². The van der Waals surface area contributed by atoms with E-state index in [1.165, 1.54) is 48.9 Å². The van der Waals surface area contributed by atoms with E-state index in [9.17, 15) is 9.18 Å². The molecular weight excluding hydrogens is 369 g/mol. The molecule has 6 nitrogen and oxygen atoms in total. The molecule has 0 unspecified atom stereocenters. The summed E-state index contributed by atoms with van der Waals surface area (Å²) in [6.45, 7) is 3.95. The van der Waals surface area contributed by atoms with Crippen LogP contribution in [0.25, 0.3) is 0 Å². The van der Waals surface area contributed by atoms with E-state index in [0.717, 1.165) is 12.8 Å². The number of ether oxygens (including phenoxy) is 1. The minimum absolute atomic E-state index is 0.0193. The number of rotatable bonds is 7. The van der Waals surface area contributed by atoms with E-state index >= 15 is 0 Å². The number of hydrogen-bond acceptors (Lipinski definition) is 6. The SMILES string of the molecule is C[C@@H](Oc1ccc(F)cc1)c1nnc(SCC(=O)N[C@@H]2CCCC[C@@H]2C)o1. The Balaban J connectivity index is 1.47. The van der Waals surface area contributed by atoms with Crippen LogP contribution in [0.3, 0.4) is 0 Å². The fourth-order valence-electron chi connectivity index (χ4n) is 3.12. The van der Waals surface area contributed by atoms with E-state index < -0.39 is 6.10 Å². The van der Waals surface area contributed by atoms with Gasteiger partial charge in [-0.3, -0.25) is 4.79 Å². The molecule has 0 spiro atoms. The normalized spacial score (nSPS) is 20.9. The molecule has 146 valence electrons. The quantitative estimate of drug-likeness (QED) is 0.713. The summed E-state index contributed by atoms with van der Waals surface area (Å²) in [7, 11) is 0. The zero-order valence-corrected chi connectivity index (χ0v) is 16.3. The maximum absolute atomic E-state index is 12.9. The Kier molecular flexibility index (Phi) is 6.71. The van der Waals surface area contributed by atoms with Gasteiger partial charge in [-0.1, -0.05) is 31.5 Å². The van der Waals surface area contributed by atoms with Crippen molar-refractivity contribution >= 4 is 17.7 Å². The number of halogens is 1. The molecule has 0 bridgehead atoms. The summed E-state index contributed by atoms with van der Waals surface area (Å²) in [5.41, 5.74) is 0. The van der Waals surface area contributed by atoms with E-state index in [1.54, 1.807) is 6.92 Å². The predicted molar refractivity (Wildman–Crippen MR) is 100 cm³/mol. The Labute approximate surface area is 162 Å². The first-order valence-corrected chi connectivity index (χ1v) is 10.2. The van der Waals surface area contributed by atoms with Crippen LogP contribution in [0.2, 0.25) is 0 Å². The van der Waals surface area contributed by atoms with Crippen molar-refractivity contribution in [3.05, 3.63) is 36.0 Å². The molecule has 0 radical (unpaired) electrons. The van der Waals surface area contributed by atoms with Gasteiger partial charge in [0.2, 0.25) is 5.91 Å². The van der Waals surface area contributed by atoms with Crippen molar-refractivity contribution in [1.82, 2.24) is 15.5 Å². The van der Waals surface area contributed by atoms with Crippen LogP contribution in [0.15, 0.2) is 33.9 Å². The highest BCUT2D eigenvalue weighted by atomic mass is 32.2. The molecule has 1 N–H and O–H groups in total. The Morgan fingerprint density at radius 2 is 2.07 bits per heavy atom. The highest BCUT2D eigenvalue weighted by Gasteiger charge is 2.23. The third kappa shape index (κ3) is 5.69. The summed E-state index contributed by atoms with van der Waals surface area (Å²) in [6, 6.07) is 5.98. The van der Waals surface area contributed by atoms with E-state index in [2.05, 4.69) is 22.4 Å². The van der Waals surface area contributed by atoms with Crippen molar-refractivity contribution in [2.24, 2.45) is 5.92 Å². The van der Waals surface area contributed by atoms with Gasteiger partial charge in [0, 0.05) is 6.04 Å². The number of carbonyl (C=O) groups is 1. The van der Waals surface area contributed by atoms with Crippen LogP contribution in [0.4, 0.5) is 4.39 Å². The number of nitrogens with zero attached hydrogens (tertiary/aromatic N) is 2. The molecule has 27 heavy (non-hydrogen) atoms. The lowest BCUT2D eigenvalue weighted by atomic mass is 9.86. The maximum Gasteiger partial charge on any atom is 0.277 e. The second-order valence-corrected chi connectivity index (χ2v) is 7.77. The van der Waals surface area contributed by atoms with Crippen molar-refractivity contribution in [2.75, 3.05) is 5.75 Å². The number of amides is 1. The summed E-state index contributed by atoms with van der Waals surface area (Å²) < 4.78 is 24.2. The number of nitrogens with one attached hydrogen (secondary N) is 1. The summed E-state index contributed by atoms with van der Waals surface area (Å²) in [5.74, 6) is 1.23. The molecule has 1 aromatic heterocycles.